The quantitative estimate of drug-likeness (QED) is 0.731. The number of hydrogen-bond acceptors (Lipinski definition) is 1. The van der Waals surface area contributed by atoms with E-state index in [0.717, 1.165) is 12.5 Å². The average Bonchev–Trinajstić information content (AvgIpc) is 2.79. The van der Waals surface area contributed by atoms with Gasteiger partial charge in [0.1, 0.15) is 0 Å². The Kier molecular flexibility index (Phi) is 3.09. The Balaban J connectivity index is 1.95. The Hall–Kier alpha value is -1.34. The highest BCUT2D eigenvalue weighted by molar-refractivity contribution is 5.32. The lowest BCUT2D eigenvalue weighted by Crippen LogP contribution is -2.36. The summed E-state index contributed by atoms with van der Waals surface area (Å²) < 4.78 is 0. The molecule has 0 saturated carbocycles. The van der Waals surface area contributed by atoms with Gasteiger partial charge in [-0.1, -0.05) is 48.6 Å². The molecule has 2 atom stereocenters. The van der Waals surface area contributed by atoms with Gasteiger partial charge in [0, 0.05) is 25.0 Å². The van der Waals surface area contributed by atoms with E-state index in [2.05, 4.69) is 54.0 Å². The number of allylic oxidation sites excluding steroid dienone is 2. The van der Waals surface area contributed by atoms with Crippen molar-refractivity contribution in [3.63, 3.8) is 0 Å². The van der Waals surface area contributed by atoms with Crippen molar-refractivity contribution in [3.8, 4) is 0 Å². The van der Waals surface area contributed by atoms with Crippen molar-refractivity contribution in [3.05, 3.63) is 60.7 Å². The van der Waals surface area contributed by atoms with Crippen molar-refractivity contribution >= 4 is 0 Å². The molecule has 1 aliphatic carbocycles. The molecular formula is C17H21N. The molecular weight excluding hydrogens is 218 g/mol. The molecule has 1 aromatic rings. The molecule has 0 bridgehead atoms. The third kappa shape index (κ3) is 1.83. The first-order valence-corrected chi connectivity index (χ1v) is 6.89. The van der Waals surface area contributed by atoms with Crippen molar-refractivity contribution in [2.45, 2.75) is 18.3 Å². The maximum Gasteiger partial charge on any atom is 0.0161 e. The van der Waals surface area contributed by atoms with Crippen LogP contribution in [0.4, 0.5) is 0 Å². The molecule has 1 heteroatoms. The first-order valence-electron chi connectivity index (χ1n) is 6.89. The van der Waals surface area contributed by atoms with E-state index < -0.39 is 0 Å². The van der Waals surface area contributed by atoms with Gasteiger partial charge >= 0.3 is 0 Å². The van der Waals surface area contributed by atoms with Crippen molar-refractivity contribution in [1.29, 1.82) is 0 Å². The van der Waals surface area contributed by atoms with Crippen molar-refractivity contribution in [2.75, 3.05) is 19.6 Å². The molecule has 0 amide bonds. The third-order valence-electron chi connectivity index (χ3n) is 4.57. The van der Waals surface area contributed by atoms with E-state index in [9.17, 15) is 0 Å². The Labute approximate surface area is 110 Å². The average molecular weight is 239 g/mol. The normalized spacial score (nSPS) is 31.2. The number of benzene rings is 1. The zero-order valence-electron chi connectivity index (χ0n) is 10.9. The Morgan fingerprint density at radius 3 is 2.89 bits per heavy atom. The van der Waals surface area contributed by atoms with Gasteiger partial charge in [0.05, 0.1) is 0 Å². The topological polar surface area (TPSA) is 3.24 Å². The van der Waals surface area contributed by atoms with E-state index in [-0.39, 0.29) is 0 Å². The summed E-state index contributed by atoms with van der Waals surface area (Å²) in [6.45, 7) is 7.29. The molecule has 2 aliphatic rings. The number of fused-ring (bicyclic) bond motifs is 1. The minimum absolute atomic E-state index is 0.346. The van der Waals surface area contributed by atoms with Crippen LogP contribution in [0.2, 0.25) is 0 Å². The Bertz CT molecular complexity index is 448. The standard InChI is InChI=1S/C17H21N/c1-2-12-18-13-16-10-6-7-11-17(16,14-18)15-8-4-3-5-9-15/h2-9,16H,1,10-14H2. The lowest BCUT2D eigenvalue weighted by molar-refractivity contribution is 0.323. The van der Waals surface area contributed by atoms with E-state index >= 15 is 0 Å². The summed E-state index contributed by atoms with van der Waals surface area (Å²) in [6, 6.07) is 11.1. The first-order chi connectivity index (χ1) is 8.85. The molecule has 1 saturated heterocycles. The van der Waals surface area contributed by atoms with Crippen LogP contribution in [0.5, 0.6) is 0 Å². The van der Waals surface area contributed by atoms with Crippen LogP contribution in [-0.4, -0.2) is 24.5 Å². The zero-order chi connectivity index (χ0) is 12.4. The van der Waals surface area contributed by atoms with Gasteiger partial charge in [0.25, 0.3) is 0 Å². The van der Waals surface area contributed by atoms with E-state index in [1.807, 2.05) is 6.08 Å². The molecule has 1 heterocycles. The minimum atomic E-state index is 0.346. The fourth-order valence-electron chi connectivity index (χ4n) is 3.70. The monoisotopic (exact) mass is 239 g/mol. The molecule has 1 nitrogen and oxygen atoms in total. The molecule has 1 fully saturated rings. The second-order valence-electron chi connectivity index (χ2n) is 5.61. The minimum Gasteiger partial charge on any atom is -0.298 e. The molecule has 94 valence electrons. The largest absolute Gasteiger partial charge is 0.298 e. The SMILES string of the molecule is C=CCN1CC2CC=CCC2(c2ccccc2)C1. The van der Waals surface area contributed by atoms with Gasteiger partial charge < -0.3 is 0 Å². The molecule has 0 spiro atoms. The predicted molar refractivity (Wildman–Crippen MR) is 76.6 cm³/mol. The van der Waals surface area contributed by atoms with Gasteiger partial charge in [-0.25, -0.2) is 0 Å². The fraction of sp³-hybridized carbons (Fsp3) is 0.412. The molecule has 2 unspecified atom stereocenters. The van der Waals surface area contributed by atoms with Crippen molar-refractivity contribution < 1.29 is 0 Å². The summed E-state index contributed by atoms with van der Waals surface area (Å²) in [5, 5.41) is 0. The van der Waals surface area contributed by atoms with Crippen LogP contribution in [0, 0.1) is 5.92 Å². The molecule has 1 aromatic carbocycles. The second kappa shape index (κ2) is 4.74. The summed E-state index contributed by atoms with van der Waals surface area (Å²) in [5.41, 5.74) is 1.87. The molecule has 0 aromatic heterocycles. The van der Waals surface area contributed by atoms with Crippen LogP contribution >= 0.6 is 0 Å². The highest BCUT2D eigenvalue weighted by atomic mass is 15.2. The summed E-state index contributed by atoms with van der Waals surface area (Å²) >= 11 is 0. The Morgan fingerprint density at radius 1 is 1.28 bits per heavy atom. The number of nitrogens with zero attached hydrogens (tertiary/aromatic N) is 1. The summed E-state index contributed by atoms with van der Waals surface area (Å²) in [7, 11) is 0. The maximum absolute atomic E-state index is 3.88. The van der Waals surface area contributed by atoms with Gasteiger partial charge in [-0.05, 0) is 24.3 Å². The summed E-state index contributed by atoms with van der Waals surface area (Å²) in [6.07, 6.45) is 9.19. The van der Waals surface area contributed by atoms with Crippen LogP contribution < -0.4 is 0 Å². The van der Waals surface area contributed by atoms with Crippen LogP contribution in [0.1, 0.15) is 18.4 Å². The third-order valence-corrected chi connectivity index (χ3v) is 4.57. The first kappa shape index (κ1) is 11.7. The van der Waals surface area contributed by atoms with Gasteiger partial charge in [-0.3, -0.25) is 4.90 Å². The van der Waals surface area contributed by atoms with Crippen LogP contribution in [0.3, 0.4) is 0 Å². The molecule has 3 rings (SSSR count). The van der Waals surface area contributed by atoms with E-state index in [1.165, 1.54) is 31.5 Å². The summed E-state index contributed by atoms with van der Waals surface area (Å²) in [5.74, 6) is 0.768. The number of likely N-dealkylation sites (tertiary alicyclic amines) is 1. The maximum atomic E-state index is 3.88. The van der Waals surface area contributed by atoms with Crippen LogP contribution in [-0.2, 0) is 5.41 Å². The molecule has 0 radical (unpaired) electrons. The molecule has 1 aliphatic heterocycles. The van der Waals surface area contributed by atoms with E-state index in [0.29, 0.717) is 5.41 Å². The van der Waals surface area contributed by atoms with Gasteiger partial charge in [-0.15, -0.1) is 6.58 Å². The van der Waals surface area contributed by atoms with Gasteiger partial charge in [0.15, 0.2) is 0 Å². The van der Waals surface area contributed by atoms with Crippen LogP contribution in [0.15, 0.2) is 55.1 Å². The number of rotatable bonds is 3. The molecule has 18 heavy (non-hydrogen) atoms. The fourth-order valence-corrected chi connectivity index (χ4v) is 3.70. The Morgan fingerprint density at radius 2 is 2.11 bits per heavy atom. The highest BCUT2D eigenvalue weighted by Gasteiger charge is 2.46. The number of hydrogen-bond donors (Lipinski definition) is 0. The smallest absolute Gasteiger partial charge is 0.0161 e. The van der Waals surface area contributed by atoms with Crippen LogP contribution in [0.25, 0.3) is 0 Å². The van der Waals surface area contributed by atoms with E-state index in [1.54, 1.807) is 0 Å². The van der Waals surface area contributed by atoms with E-state index in [4.69, 9.17) is 0 Å². The van der Waals surface area contributed by atoms with Crippen molar-refractivity contribution in [1.82, 2.24) is 4.90 Å². The van der Waals surface area contributed by atoms with Gasteiger partial charge in [-0.2, -0.15) is 0 Å². The van der Waals surface area contributed by atoms with Crippen molar-refractivity contribution in [2.24, 2.45) is 5.92 Å². The van der Waals surface area contributed by atoms with Gasteiger partial charge in [0.2, 0.25) is 0 Å². The lowest BCUT2D eigenvalue weighted by atomic mass is 9.67. The summed E-state index contributed by atoms with van der Waals surface area (Å²) in [4.78, 5) is 2.55. The lowest BCUT2D eigenvalue weighted by Gasteiger charge is -2.36. The highest BCUT2D eigenvalue weighted by Crippen LogP contribution is 2.46. The predicted octanol–water partition coefficient (Wildman–Crippen LogP) is 3.39. The second-order valence-corrected chi connectivity index (χ2v) is 5.61. The molecule has 0 N–H and O–H groups in total. The zero-order valence-corrected chi connectivity index (χ0v) is 10.9.